The number of hydrogen-bond donors (Lipinski definition) is 2. The zero-order valence-electron chi connectivity index (χ0n) is 19.5. The number of amides is 2. The predicted octanol–water partition coefficient (Wildman–Crippen LogP) is 3.01. The molecule has 1 aliphatic heterocycles. The van der Waals surface area contributed by atoms with E-state index in [1.54, 1.807) is 19.1 Å². The van der Waals surface area contributed by atoms with Gasteiger partial charge in [-0.1, -0.05) is 11.6 Å². The smallest absolute Gasteiger partial charge is 0.338 e. The SMILES string of the molecule is CCOC(=O)C1=C(CS(=O)(=O)c2ccc(Cl)cc2)NC(=O)N[C@@H]1c1cc(OC)c(OC)c(OC)c1. The number of sulfone groups is 1. The van der Waals surface area contributed by atoms with Gasteiger partial charge >= 0.3 is 12.0 Å². The summed E-state index contributed by atoms with van der Waals surface area (Å²) in [5.41, 5.74) is 0.206. The minimum atomic E-state index is -3.96. The van der Waals surface area contributed by atoms with Crippen molar-refractivity contribution in [1.82, 2.24) is 10.6 Å². The molecule has 2 N–H and O–H groups in total. The number of carbonyl (C=O) groups is 2. The van der Waals surface area contributed by atoms with Crippen LogP contribution in [0.2, 0.25) is 5.02 Å². The van der Waals surface area contributed by atoms with Gasteiger partial charge < -0.3 is 29.6 Å². The maximum absolute atomic E-state index is 13.1. The Morgan fingerprint density at radius 2 is 1.63 bits per heavy atom. The molecule has 0 bridgehead atoms. The van der Waals surface area contributed by atoms with Crippen molar-refractivity contribution >= 4 is 33.4 Å². The van der Waals surface area contributed by atoms with E-state index < -0.39 is 33.6 Å². The molecular weight excluding hydrogens is 500 g/mol. The quantitative estimate of drug-likeness (QED) is 0.479. The van der Waals surface area contributed by atoms with Crippen LogP contribution in [0.15, 0.2) is 52.6 Å². The van der Waals surface area contributed by atoms with Crippen LogP contribution in [0.4, 0.5) is 4.79 Å². The van der Waals surface area contributed by atoms with Crippen LogP contribution in [-0.2, 0) is 19.4 Å². The van der Waals surface area contributed by atoms with Crippen LogP contribution < -0.4 is 24.8 Å². The van der Waals surface area contributed by atoms with Gasteiger partial charge in [0.15, 0.2) is 21.3 Å². The summed E-state index contributed by atoms with van der Waals surface area (Å²) in [5.74, 6) is -0.565. The van der Waals surface area contributed by atoms with Gasteiger partial charge in [0.2, 0.25) is 5.75 Å². The summed E-state index contributed by atoms with van der Waals surface area (Å²) in [5, 5.41) is 5.48. The van der Waals surface area contributed by atoms with Gasteiger partial charge in [-0.25, -0.2) is 18.0 Å². The fourth-order valence-electron chi connectivity index (χ4n) is 3.62. The highest BCUT2D eigenvalue weighted by Gasteiger charge is 2.36. The molecule has 188 valence electrons. The first-order valence-corrected chi connectivity index (χ1v) is 12.4. The highest BCUT2D eigenvalue weighted by Crippen LogP contribution is 2.41. The maximum Gasteiger partial charge on any atom is 0.338 e. The third kappa shape index (κ3) is 5.63. The van der Waals surface area contributed by atoms with Crippen molar-refractivity contribution in [3.8, 4) is 17.2 Å². The predicted molar refractivity (Wildman–Crippen MR) is 128 cm³/mol. The largest absolute Gasteiger partial charge is 0.493 e. The van der Waals surface area contributed by atoms with Gasteiger partial charge in [0.1, 0.15) is 0 Å². The first kappa shape index (κ1) is 26.2. The van der Waals surface area contributed by atoms with Crippen LogP contribution in [0.3, 0.4) is 0 Å². The Bertz CT molecular complexity index is 1230. The first-order valence-electron chi connectivity index (χ1n) is 10.4. The fourth-order valence-corrected chi connectivity index (χ4v) is 5.07. The van der Waals surface area contributed by atoms with Gasteiger partial charge in [0, 0.05) is 10.7 Å². The summed E-state index contributed by atoms with van der Waals surface area (Å²) in [4.78, 5) is 25.6. The molecule has 2 aromatic rings. The summed E-state index contributed by atoms with van der Waals surface area (Å²) in [6, 6.07) is 6.93. The van der Waals surface area contributed by atoms with Crippen LogP contribution in [0.1, 0.15) is 18.5 Å². The standard InChI is InChI=1S/C23H25ClN2O8S/c1-5-34-22(27)19-16(12-35(29,30)15-8-6-14(24)7-9-15)25-23(28)26-20(19)13-10-17(31-2)21(33-4)18(11-13)32-3/h6-11,20H,5,12H2,1-4H3,(H2,25,26,28)/t20-/m1/s1. The molecule has 1 heterocycles. The summed E-state index contributed by atoms with van der Waals surface area (Å²) in [7, 11) is 0.331. The van der Waals surface area contributed by atoms with Crippen LogP contribution in [-0.4, -0.2) is 54.1 Å². The lowest BCUT2D eigenvalue weighted by Crippen LogP contribution is -2.47. The maximum atomic E-state index is 13.1. The topological polar surface area (TPSA) is 129 Å². The number of methoxy groups -OCH3 is 3. The van der Waals surface area contributed by atoms with Gasteiger partial charge in [0.05, 0.1) is 50.2 Å². The lowest BCUT2D eigenvalue weighted by molar-refractivity contribution is -0.139. The fraction of sp³-hybridized carbons (Fsp3) is 0.304. The third-order valence-electron chi connectivity index (χ3n) is 5.18. The van der Waals surface area contributed by atoms with Crippen molar-refractivity contribution in [3.63, 3.8) is 0 Å². The van der Waals surface area contributed by atoms with E-state index >= 15 is 0 Å². The van der Waals surface area contributed by atoms with Crippen LogP contribution in [0.5, 0.6) is 17.2 Å². The summed E-state index contributed by atoms with van der Waals surface area (Å²) in [6.45, 7) is 1.65. The summed E-state index contributed by atoms with van der Waals surface area (Å²) in [6.07, 6.45) is 0. The minimum Gasteiger partial charge on any atom is -0.493 e. The lowest BCUT2D eigenvalue weighted by atomic mass is 9.95. The van der Waals surface area contributed by atoms with E-state index in [1.807, 2.05) is 0 Å². The number of urea groups is 1. The highest BCUT2D eigenvalue weighted by atomic mass is 35.5. The molecule has 10 nitrogen and oxygen atoms in total. The average Bonchev–Trinajstić information content (AvgIpc) is 2.82. The third-order valence-corrected chi connectivity index (χ3v) is 7.09. The number of carbonyl (C=O) groups excluding carboxylic acids is 2. The Kier molecular flexibility index (Phi) is 8.13. The Morgan fingerprint density at radius 1 is 1.03 bits per heavy atom. The van der Waals surface area contributed by atoms with Crippen LogP contribution >= 0.6 is 11.6 Å². The molecule has 12 heteroatoms. The van der Waals surface area contributed by atoms with Gasteiger partial charge in [-0.2, -0.15) is 0 Å². The van der Waals surface area contributed by atoms with Crippen molar-refractivity contribution in [2.45, 2.75) is 17.9 Å². The van der Waals surface area contributed by atoms with Gasteiger partial charge in [-0.15, -0.1) is 0 Å². The van der Waals surface area contributed by atoms with E-state index in [9.17, 15) is 18.0 Å². The van der Waals surface area contributed by atoms with E-state index in [-0.39, 0.29) is 34.3 Å². The average molecular weight is 525 g/mol. The molecule has 0 unspecified atom stereocenters. The summed E-state index contributed by atoms with van der Waals surface area (Å²) >= 11 is 5.87. The summed E-state index contributed by atoms with van der Waals surface area (Å²) < 4.78 is 47.5. The van der Waals surface area contributed by atoms with Crippen molar-refractivity contribution in [1.29, 1.82) is 0 Å². The van der Waals surface area contributed by atoms with Gasteiger partial charge in [-0.05, 0) is 48.9 Å². The second-order valence-corrected chi connectivity index (χ2v) is 9.74. The van der Waals surface area contributed by atoms with Crippen molar-refractivity contribution in [2.75, 3.05) is 33.7 Å². The molecule has 0 aromatic heterocycles. The minimum absolute atomic E-state index is 0.0188. The monoisotopic (exact) mass is 524 g/mol. The van der Waals surface area contributed by atoms with Crippen molar-refractivity contribution < 1.29 is 37.0 Å². The number of hydrogen-bond acceptors (Lipinski definition) is 8. The molecule has 0 spiro atoms. The molecule has 0 saturated heterocycles. The molecule has 0 radical (unpaired) electrons. The molecular formula is C23H25ClN2O8S. The lowest BCUT2D eigenvalue weighted by Gasteiger charge is -2.30. The number of ether oxygens (including phenoxy) is 4. The van der Waals surface area contributed by atoms with Crippen molar-refractivity contribution in [2.24, 2.45) is 0 Å². The molecule has 2 aromatic carbocycles. The Labute approximate surface area is 208 Å². The van der Waals surface area contributed by atoms with E-state index in [0.29, 0.717) is 16.3 Å². The molecule has 0 saturated carbocycles. The Balaban J connectivity index is 2.18. The molecule has 0 fully saturated rings. The Hall–Kier alpha value is -3.44. The van der Waals surface area contributed by atoms with Gasteiger partial charge in [0.25, 0.3) is 0 Å². The number of nitrogens with one attached hydrogen (secondary N) is 2. The van der Waals surface area contributed by atoms with E-state index in [1.165, 1.54) is 45.6 Å². The number of halogens is 1. The first-order chi connectivity index (χ1) is 16.6. The van der Waals surface area contributed by atoms with E-state index in [2.05, 4.69) is 10.6 Å². The second-order valence-electron chi connectivity index (χ2n) is 7.32. The molecule has 35 heavy (non-hydrogen) atoms. The second kappa shape index (κ2) is 10.9. The highest BCUT2D eigenvalue weighted by molar-refractivity contribution is 7.91. The van der Waals surface area contributed by atoms with Crippen LogP contribution in [0, 0.1) is 0 Å². The number of benzene rings is 2. The number of esters is 1. The number of rotatable bonds is 9. The van der Waals surface area contributed by atoms with E-state index in [0.717, 1.165) is 0 Å². The van der Waals surface area contributed by atoms with Crippen molar-refractivity contribution in [3.05, 3.63) is 58.3 Å². The molecule has 3 rings (SSSR count). The zero-order chi connectivity index (χ0) is 25.8. The molecule has 2 amide bonds. The van der Waals surface area contributed by atoms with E-state index in [4.69, 9.17) is 30.5 Å². The Morgan fingerprint density at radius 3 is 2.14 bits per heavy atom. The zero-order valence-corrected chi connectivity index (χ0v) is 21.1. The molecule has 1 aliphatic rings. The molecule has 1 atom stereocenters. The van der Waals surface area contributed by atoms with Crippen LogP contribution in [0.25, 0.3) is 0 Å². The normalized spacial score (nSPS) is 15.7. The molecule has 0 aliphatic carbocycles. The van der Waals surface area contributed by atoms with Gasteiger partial charge in [-0.3, -0.25) is 0 Å².